The Kier molecular flexibility index (Phi) is 6.39. The Hall–Kier alpha value is -1.30. The number of carbonyl (C=O) groups excluding carboxylic acids is 2. The van der Waals surface area contributed by atoms with Gasteiger partial charge in [-0.05, 0) is 13.3 Å². The summed E-state index contributed by atoms with van der Waals surface area (Å²) in [4.78, 5) is 24.4. The number of morpholine rings is 1. The van der Waals surface area contributed by atoms with Crippen molar-refractivity contribution >= 4 is 12.0 Å². The fourth-order valence-electron chi connectivity index (χ4n) is 1.54. The highest BCUT2D eigenvalue weighted by molar-refractivity contribution is 5.74. The first-order chi connectivity index (χ1) is 8.24. The van der Waals surface area contributed by atoms with Crippen LogP contribution in [0.25, 0.3) is 0 Å². The second kappa shape index (κ2) is 7.89. The van der Waals surface area contributed by atoms with E-state index in [0.717, 1.165) is 0 Å². The van der Waals surface area contributed by atoms with Crippen molar-refractivity contribution in [2.75, 3.05) is 39.5 Å². The molecule has 0 bridgehead atoms. The molecule has 0 spiro atoms. The molecular formula is C11H20N2O4. The van der Waals surface area contributed by atoms with E-state index in [1.54, 1.807) is 11.8 Å². The molecule has 1 rings (SSSR count). The molecule has 0 aliphatic carbocycles. The number of carbonyl (C=O) groups is 2. The van der Waals surface area contributed by atoms with Gasteiger partial charge in [-0.15, -0.1) is 0 Å². The summed E-state index contributed by atoms with van der Waals surface area (Å²) >= 11 is 0. The average molecular weight is 244 g/mol. The summed E-state index contributed by atoms with van der Waals surface area (Å²) in [5, 5.41) is 2.77. The maximum absolute atomic E-state index is 11.6. The molecule has 17 heavy (non-hydrogen) atoms. The Morgan fingerprint density at radius 1 is 1.35 bits per heavy atom. The molecule has 98 valence electrons. The number of urea groups is 1. The van der Waals surface area contributed by atoms with Gasteiger partial charge in [0, 0.05) is 26.1 Å². The molecule has 1 fully saturated rings. The van der Waals surface area contributed by atoms with E-state index in [4.69, 9.17) is 9.47 Å². The highest BCUT2D eigenvalue weighted by Crippen LogP contribution is 1.97. The molecule has 0 aromatic carbocycles. The summed E-state index contributed by atoms with van der Waals surface area (Å²) in [5.41, 5.74) is 0. The molecule has 6 nitrogen and oxygen atoms in total. The van der Waals surface area contributed by atoms with Gasteiger partial charge in [0.1, 0.15) is 0 Å². The van der Waals surface area contributed by atoms with E-state index in [1.807, 2.05) is 0 Å². The van der Waals surface area contributed by atoms with Crippen molar-refractivity contribution in [3.8, 4) is 0 Å². The van der Waals surface area contributed by atoms with Gasteiger partial charge in [-0.2, -0.15) is 0 Å². The minimum absolute atomic E-state index is 0.0860. The molecule has 6 heteroatoms. The largest absolute Gasteiger partial charge is 0.466 e. The molecule has 0 unspecified atom stereocenters. The smallest absolute Gasteiger partial charge is 0.317 e. The van der Waals surface area contributed by atoms with E-state index in [9.17, 15) is 9.59 Å². The number of ether oxygens (including phenoxy) is 2. The summed E-state index contributed by atoms with van der Waals surface area (Å²) < 4.78 is 9.94. The van der Waals surface area contributed by atoms with Crippen LogP contribution >= 0.6 is 0 Å². The van der Waals surface area contributed by atoms with E-state index in [-0.39, 0.29) is 12.0 Å². The van der Waals surface area contributed by atoms with Crippen LogP contribution in [0.2, 0.25) is 0 Å². The first-order valence-electron chi connectivity index (χ1n) is 6.00. The highest BCUT2D eigenvalue weighted by atomic mass is 16.5. The zero-order chi connectivity index (χ0) is 12.5. The van der Waals surface area contributed by atoms with Crippen molar-refractivity contribution in [3.63, 3.8) is 0 Å². The van der Waals surface area contributed by atoms with Crippen molar-refractivity contribution < 1.29 is 19.1 Å². The molecule has 0 aromatic rings. The van der Waals surface area contributed by atoms with Crippen LogP contribution in [0.3, 0.4) is 0 Å². The lowest BCUT2D eigenvalue weighted by Crippen LogP contribution is -2.46. The van der Waals surface area contributed by atoms with Crippen LogP contribution in [-0.4, -0.2) is 56.4 Å². The Morgan fingerprint density at radius 2 is 2.06 bits per heavy atom. The number of hydrogen-bond acceptors (Lipinski definition) is 4. The van der Waals surface area contributed by atoms with Crippen molar-refractivity contribution in [1.29, 1.82) is 0 Å². The average Bonchev–Trinajstić information content (AvgIpc) is 2.36. The van der Waals surface area contributed by atoms with E-state index in [0.29, 0.717) is 52.3 Å². The zero-order valence-electron chi connectivity index (χ0n) is 10.2. The van der Waals surface area contributed by atoms with Crippen LogP contribution in [0.15, 0.2) is 0 Å². The van der Waals surface area contributed by atoms with Crippen LogP contribution in [0.5, 0.6) is 0 Å². The molecule has 1 aliphatic heterocycles. The molecule has 1 N–H and O–H groups in total. The van der Waals surface area contributed by atoms with Crippen LogP contribution in [0.4, 0.5) is 4.79 Å². The topological polar surface area (TPSA) is 67.9 Å². The second-order valence-corrected chi connectivity index (χ2v) is 3.74. The van der Waals surface area contributed by atoms with Gasteiger partial charge in [0.15, 0.2) is 0 Å². The molecule has 1 aliphatic rings. The molecule has 2 amide bonds. The maximum atomic E-state index is 11.6. The molecule has 1 saturated heterocycles. The van der Waals surface area contributed by atoms with E-state index < -0.39 is 0 Å². The number of esters is 1. The lowest BCUT2D eigenvalue weighted by atomic mass is 10.3. The van der Waals surface area contributed by atoms with Gasteiger partial charge in [-0.1, -0.05) is 0 Å². The Balaban J connectivity index is 2.05. The van der Waals surface area contributed by atoms with Gasteiger partial charge in [0.25, 0.3) is 0 Å². The van der Waals surface area contributed by atoms with Crippen LogP contribution < -0.4 is 5.32 Å². The Bertz CT molecular complexity index is 252. The van der Waals surface area contributed by atoms with E-state index in [2.05, 4.69) is 5.32 Å². The summed E-state index contributed by atoms with van der Waals surface area (Å²) in [6.07, 6.45) is 0.951. The summed E-state index contributed by atoms with van der Waals surface area (Å²) in [7, 11) is 0. The van der Waals surface area contributed by atoms with Crippen molar-refractivity contribution in [2.24, 2.45) is 0 Å². The number of amides is 2. The minimum atomic E-state index is -0.215. The first kappa shape index (κ1) is 13.8. The Morgan fingerprint density at radius 3 is 2.71 bits per heavy atom. The summed E-state index contributed by atoms with van der Waals surface area (Å²) in [6.45, 7) is 5.12. The number of nitrogens with one attached hydrogen (secondary N) is 1. The van der Waals surface area contributed by atoms with E-state index >= 15 is 0 Å². The standard InChI is InChI=1S/C11H20N2O4/c1-2-17-10(14)4-3-5-12-11(15)13-6-8-16-9-7-13/h2-9H2,1H3,(H,12,15). The van der Waals surface area contributed by atoms with Crippen molar-refractivity contribution in [3.05, 3.63) is 0 Å². The monoisotopic (exact) mass is 244 g/mol. The molecular weight excluding hydrogens is 224 g/mol. The maximum Gasteiger partial charge on any atom is 0.317 e. The van der Waals surface area contributed by atoms with Crippen LogP contribution in [0, 0.1) is 0 Å². The number of nitrogens with zero attached hydrogens (tertiary/aromatic N) is 1. The third kappa shape index (κ3) is 5.53. The van der Waals surface area contributed by atoms with Gasteiger partial charge in [0.05, 0.1) is 19.8 Å². The molecule has 1 heterocycles. The molecule has 0 aromatic heterocycles. The third-order valence-electron chi connectivity index (χ3n) is 2.44. The third-order valence-corrected chi connectivity index (χ3v) is 2.44. The van der Waals surface area contributed by atoms with Crippen molar-refractivity contribution in [2.45, 2.75) is 19.8 Å². The highest BCUT2D eigenvalue weighted by Gasteiger charge is 2.15. The number of rotatable bonds is 5. The van der Waals surface area contributed by atoms with Gasteiger partial charge in [-0.3, -0.25) is 4.79 Å². The van der Waals surface area contributed by atoms with Gasteiger partial charge >= 0.3 is 12.0 Å². The van der Waals surface area contributed by atoms with Gasteiger partial charge in [0.2, 0.25) is 0 Å². The molecule has 0 radical (unpaired) electrons. The fourth-order valence-corrected chi connectivity index (χ4v) is 1.54. The SMILES string of the molecule is CCOC(=O)CCCNC(=O)N1CCOCC1. The zero-order valence-corrected chi connectivity index (χ0v) is 10.2. The van der Waals surface area contributed by atoms with Gasteiger partial charge < -0.3 is 19.7 Å². The van der Waals surface area contributed by atoms with Crippen molar-refractivity contribution in [1.82, 2.24) is 10.2 Å². The predicted molar refractivity (Wildman–Crippen MR) is 61.7 cm³/mol. The predicted octanol–water partition coefficient (Wildman–Crippen LogP) is 0.371. The summed E-state index contributed by atoms with van der Waals surface area (Å²) in [5.74, 6) is -0.215. The lowest BCUT2D eigenvalue weighted by molar-refractivity contribution is -0.143. The lowest BCUT2D eigenvalue weighted by Gasteiger charge is -2.26. The van der Waals surface area contributed by atoms with E-state index in [1.165, 1.54) is 0 Å². The fraction of sp³-hybridized carbons (Fsp3) is 0.818. The first-order valence-corrected chi connectivity index (χ1v) is 6.00. The molecule has 0 saturated carbocycles. The number of hydrogen-bond donors (Lipinski definition) is 1. The minimum Gasteiger partial charge on any atom is -0.466 e. The second-order valence-electron chi connectivity index (χ2n) is 3.74. The summed E-state index contributed by atoms with van der Waals surface area (Å²) in [6, 6.07) is -0.0860. The van der Waals surface area contributed by atoms with Crippen LogP contribution in [0.1, 0.15) is 19.8 Å². The quantitative estimate of drug-likeness (QED) is 0.560. The van der Waals surface area contributed by atoms with Gasteiger partial charge in [-0.25, -0.2) is 4.79 Å². The normalized spacial score (nSPS) is 15.5. The molecule has 0 atom stereocenters. The van der Waals surface area contributed by atoms with Crippen LogP contribution in [-0.2, 0) is 14.3 Å². The Labute approximate surface area is 101 Å².